The molecule has 3 amide bonds. The molecule has 0 aromatic heterocycles. The molecular formula is C22H28FN3O4. The van der Waals surface area contributed by atoms with E-state index in [1.54, 1.807) is 4.90 Å². The number of hydrogen-bond donors (Lipinski definition) is 1. The summed E-state index contributed by atoms with van der Waals surface area (Å²) in [6.07, 6.45) is 3.29. The van der Waals surface area contributed by atoms with E-state index < -0.39 is 17.8 Å². The summed E-state index contributed by atoms with van der Waals surface area (Å²) < 4.78 is 18.5. The van der Waals surface area contributed by atoms with Crippen LogP contribution in [0.5, 0.6) is 0 Å². The second kappa shape index (κ2) is 9.12. The highest BCUT2D eigenvalue weighted by Crippen LogP contribution is 2.33. The lowest BCUT2D eigenvalue weighted by Crippen LogP contribution is -2.56. The van der Waals surface area contributed by atoms with Gasteiger partial charge in [-0.3, -0.25) is 14.4 Å². The average Bonchev–Trinajstić information content (AvgIpc) is 3.63. The third kappa shape index (κ3) is 4.80. The summed E-state index contributed by atoms with van der Waals surface area (Å²) in [4.78, 5) is 42.0. The molecule has 1 atom stereocenters. The average molecular weight is 417 g/mol. The van der Waals surface area contributed by atoms with Gasteiger partial charge in [0, 0.05) is 37.7 Å². The van der Waals surface area contributed by atoms with Gasteiger partial charge in [-0.2, -0.15) is 0 Å². The fourth-order valence-corrected chi connectivity index (χ4v) is 4.23. The lowest BCUT2D eigenvalue weighted by atomic mass is 9.88. The molecule has 4 rings (SSSR count). The smallest absolute Gasteiger partial charge is 0.251 e. The fourth-order valence-electron chi connectivity index (χ4n) is 4.23. The number of benzene rings is 1. The highest BCUT2D eigenvalue weighted by Gasteiger charge is 2.39. The first-order valence-corrected chi connectivity index (χ1v) is 10.7. The molecular weight excluding hydrogens is 389 g/mol. The van der Waals surface area contributed by atoms with E-state index in [1.165, 1.54) is 24.3 Å². The molecule has 1 aliphatic carbocycles. The summed E-state index contributed by atoms with van der Waals surface area (Å²) in [6, 6.07) is 4.62. The maximum Gasteiger partial charge on any atom is 0.251 e. The molecule has 0 radical (unpaired) electrons. The number of halogens is 1. The first kappa shape index (κ1) is 20.8. The van der Waals surface area contributed by atoms with Crippen LogP contribution in [0.2, 0.25) is 0 Å². The Balaban J connectivity index is 1.45. The van der Waals surface area contributed by atoms with E-state index in [-0.39, 0.29) is 23.7 Å². The molecule has 1 aromatic rings. The number of amides is 3. The number of piperidine rings is 1. The third-order valence-electron chi connectivity index (χ3n) is 6.23. The molecule has 1 aromatic carbocycles. The number of hydrogen-bond acceptors (Lipinski definition) is 4. The Morgan fingerprint density at radius 1 is 0.933 bits per heavy atom. The van der Waals surface area contributed by atoms with Crippen molar-refractivity contribution in [2.24, 2.45) is 11.8 Å². The molecule has 0 spiro atoms. The Morgan fingerprint density at radius 3 is 2.17 bits per heavy atom. The number of carbonyl (C=O) groups is 3. The van der Waals surface area contributed by atoms with Crippen molar-refractivity contribution in [3.05, 3.63) is 35.6 Å². The number of nitrogens with zero attached hydrogens (tertiary/aromatic N) is 2. The fraction of sp³-hybridized carbons (Fsp3) is 0.591. The lowest BCUT2D eigenvalue weighted by molar-refractivity contribution is -0.140. The van der Waals surface area contributed by atoms with E-state index in [2.05, 4.69) is 5.32 Å². The predicted octanol–water partition coefficient (Wildman–Crippen LogP) is 1.43. The van der Waals surface area contributed by atoms with Crippen LogP contribution in [-0.2, 0) is 14.3 Å². The summed E-state index contributed by atoms with van der Waals surface area (Å²) >= 11 is 0. The maximum absolute atomic E-state index is 13.3. The minimum Gasteiger partial charge on any atom is -0.378 e. The largest absolute Gasteiger partial charge is 0.378 e. The molecule has 7 nitrogen and oxygen atoms in total. The minimum absolute atomic E-state index is 0.0482. The van der Waals surface area contributed by atoms with Crippen molar-refractivity contribution in [2.75, 3.05) is 39.4 Å². The highest BCUT2D eigenvalue weighted by molar-refractivity contribution is 5.97. The molecule has 2 aliphatic heterocycles. The van der Waals surface area contributed by atoms with Crippen molar-refractivity contribution in [3.8, 4) is 0 Å². The maximum atomic E-state index is 13.3. The molecule has 1 N–H and O–H groups in total. The summed E-state index contributed by atoms with van der Waals surface area (Å²) in [5.41, 5.74) is 0.317. The predicted molar refractivity (Wildman–Crippen MR) is 107 cm³/mol. The van der Waals surface area contributed by atoms with Gasteiger partial charge in [-0.15, -0.1) is 0 Å². The molecule has 2 saturated heterocycles. The highest BCUT2D eigenvalue weighted by atomic mass is 19.1. The zero-order chi connectivity index (χ0) is 21.1. The number of likely N-dealkylation sites (tertiary alicyclic amines) is 1. The first-order chi connectivity index (χ1) is 14.5. The molecule has 8 heteroatoms. The van der Waals surface area contributed by atoms with Crippen LogP contribution in [0.4, 0.5) is 4.39 Å². The molecule has 162 valence electrons. The number of nitrogens with one attached hydrogen (secondary N) is 1. The number of carbonyl (C=O) groups excluding carboxylic acids is 3. The summed E-state index contributed by atoms with van der Waals surface area (Å²) in [7, 11) is 0. The Bertz CT molecular complexity index is 782. The zero-order valence-corrected chi connectivity index (χ0v) is 17.0. The van der Waals surface area contributed by atoms with Crippen molar-refractivity contribution in [2.45, 2.75) is 31.7 Å². The van der Waals surface area contributed by atoms with Crippen molar-refractivity contribution < 1.29 is 23.5 Å². The molecule has 0 unspecified atom stereocenters. The first-order valence-electron chi connectivity index (χ1n) is 10.7. The van der Waals surface area contributed by atoms with Gasteiger partial charge in [-0.1, -0.05) is 0 Å². The van der Waals surface area contributed by atoms with Gasteiger partial charge >= 0.3 is 0 Å². The molecule has 3 fully saturated rings. The molecule has 30 heavy (non-hydrogen) atoms. The van der Waals surface area contributed by atoms with E-state index >= 15 is 0 Å². The van der Waals surface area contributed by atoms with Gasteiger partial charge in [0.2, 0.25) is 11.8 Å². The number of morpholine rings is 1. The van der Waals surface area contributed by atoms with E-state index in [9.17, 15) is 18.8 Å². The van der Waals surface area contributed by atoms with E-state index in [1.807, 2.05) is 4.90 Å². The van der Waals surface area contributed by atoms with Gasteiger partial charge in [-0.25, -0.2) is 4.39 Å². The van der Waals surface area contributed by atoms with Crippen LogP contribution in [-0.4, -0.2) is 73.0 Å². The van der Waals surface area contributed by atoms with Crippen LogP contribution in [0.3, 0.4) is 0 Å². The van der Waals surface area contributed by atoms with Gasteiger partial charge in [0.15, 0.2) is 0 Å². The van der Waals surface area contributed by atoms with Crippen LogP contribution >= 0.6 is 0 Å². The zero-order valence-electron chi connectivity index (χ0n) is 17.0. The van der Waals surface area contributed by atoms with Crippen LogP contribution < -0.4 is 5.32 Å². The third-order valence-corrected chi connectivity index (χ3v) is 6.23. The Labute approximate surface area is 175 Å². The lowest BCUT2D eigenvalue weighted by Gasteiger charge is -2.38. The quantitative estimate of drug-likeness (QED) is 0.786. The van der Waals surface area contributed by atoms with Crippen molar-refractivity contribution in [1.82, 2.24) is 15.1 Å². The molecule has 3 aliphatic rings. The second-order valence-electron chi connectivity index (χ2n) is 8.33. The SMILES string of the molecule is O=C(N[C@H](C(=O)N1CCOCC1)C1CCN(C(=O)C2CC2)CC1)c1ccc(F)cc1. The Hall–Kier alpha value is -2.48. The summed E-state index contributed by atoms with van der Waals surface area (Å²) in [5, 5.41) is 2.90. The minimum atomic E-state index is -0.668. The van der Waals surface area contributed by atoms with Gasteiger partial charge in [0.1, 0.15) is 11.9 Å². The summed E-state index contributed by atoms with van der Waals surface area (Å²) in [5.74, 6) is -0.558. The van der Waals surface area contributed by atoms with Crippen molar-refractivity contribution in [3.63, 3.8) is 0 Å². The standard InChI is InChI=1S/C22H28FN3O4/c23-18-5-3-16(4-6-18)20(27)24-19(22(29)26-11-13-30-14-12-26)15-7-9-25(10-8-15)21(28)17-1-2-17/h3-6,15,17,19H,1-2,7-14H2,(H,24,27)/t19-/m0/s1. The Morgan fingerprint density at radius 2 is 1.57 bits per heavy atom. The van der Waals surface area contributed by atoms with Gasteiger partial charge in [-0.05, 0) is 55.9 Å². The van der Waals surface area contributed by atoms with E-state index in [0.29, 0.717) is 57.8 Å². The van der Waals surface area contributed by atoms with E-state index in [0.717, 1.165) is 12.8 Å². The van der Waals surface area contributed by atoms with Crippen molar-refractivity contribution in [1.29, 1.82) is 0 Å². The van der Waals surface area contributed by atoms with Gasteiger partial charge < -0.3 is 19.9 Å². The second-order valence-corrected chi connectivity index (χ2v) is 8.33. The molecule has 0 bridgehead atoms. The van der Waals surface area contributed by atoms with Crippen molar-refractivity contribution >= 4 is 17.7 Å². The summed E-state index contributed by atoms with van der Waals surface area (Å²) in [6.45, 7) is 3.19. The topological polar surface area (TPSA) is 79.0 Å². The van der Waals surface area contributed by atoms with Crippen LogP contribution in [0.15, 0.2) is 24.3 Å². The molecule has 1 saturated carbocycles. The van der Waals surface area contributed by atoms with Gasteiger partial charge in [0.25, 0.3) is 5.91 Å². The van der Waals surface area contributed by atoms with Crippen LogP contribution in [0.1, 0.15) is 36.0 Å². The monoisotopic (exact) mass is 417 g/mol. The Kier molecular flexibility index (Phi) is 6.32. The van der Waals surface area contributed by atoms with Crippen LogP contribution in [0, 0.1) is 17.7 Å². The normalized spacial score (nSPS) is 21.2. The number of ether oxygens (including phenoxy) is 1. The molecule has 2 heterocycles. The van der Waals surface area contributed by atoms with Gasteiger partial charge in [0.05, 0.1) is 13.2 Å². The van der Waals surface area contributed by atoms with E-state index in [4.69, 9.17) is 4.74 Å². The van der Waals surface area contributed by atoms with Crippen LogP contribution in [0.25, 0.3) is 0 Å². The number of rotatable bonds is 5.